The minimum Gasteiger partial charge on any atom is -0.261 e. The van der Waals surface area contributed by atoms with Gasteiger partial charge < -0.3 is 0 Å². The quantitative estimate of drug-likeness (QED) is 0.665. The van der Waals surface area contributed by atoms with Gasteiger partial charge in [-0.3, -0.25) is 9.38 Å². The molecule has 3 aromatic heterocycles. The van der Waals surface area contributed by atoms with E-state index >= 15 is 0 Å². The van der Waals surface area contributed by atoms with Gasteiger partial charge in [0.05, 0.1) is 17.4 Å². The fraction of sp³-hybridized carbons (Fsp3) is 0.111. The Kier molecular flexibility index (Phi) is 2.12. The summed E-state index contributed by atoms with van der Waals surface area (Å²) in [4.78, 5) is 8.31. The van der Waals surface area contributed by atoms with Crippen molar-refractivity contribution in [2.75, 3.05) is 0 Å². The first kappa shape index (κ1) is 9.68. The molecule has 3 rings (SSSR count). The summed E-state index contributed by atoms with van der Waals surface area (Å²) in [6.07, 6.45) is 3.17. The zero-order valence-electron chi connectivity index (χ0n) is 8.25. The topological polar surface area (TPSA) is 56.0 Å². The zero-order chi connectivity index (χ0) is 11.1. The smallest absolute Gasteiger partial charge is 0.189 e. The minimum atomic E-state index is 0.475. The zero-order valence-corrected chi connectivity index (χ0v) is 9.83. The van der Waals surface area contributed by atoms with E-state index in [9.17, 15) is 0 Å². The second-order valence-corrected chi connectivity index (χ2v) is 4.65. The lowest BCUT2D eigenvalue weighted by Gasteiger charge is -1.97. The number of nitrogens with zero attached hydrogens (tertiary/aromatic N) is 5. The maximum Gasteiger partial charge on any atom is 0.189 e. The summed E-state index contributed by atoms with van der Waals surface area (Å²) in [5, 5.41) is 11.5. The minimum absolute atomic E-state index is 0.475. The first-order valence-corrected chi connectivity index (χ1v) is 5.78. The second kappa shape index (κ2) is 3.50. The fourth-order valence-corrected chi connectivity index (χ4v) is 2.26. The molecule has 16 heavy (non-hydrogen) atoms. The molecular formula is C9H6ClN5S. The largest absolute Gasteiger partial charge is 0.261 e. The van der Waals surface area contributed by atoms with Gasteiger partial charge in [0.15, 0.2) is 11.5 Å². The summed E-state index contributed by atoms with van der Waals surface area (Å²) in [5.74, 6) is 0.645. The lowest BCUT2D eigenvalue weighted by Crippen LogP contribution is -1.92. The van der Waals surface area contributed by atoms with Gasteiger partial charge in [-0.05, 0) is 6.92 Å². The molecule has 80 valence electrons. The van der Waals surface area contributed by atoms with Crippen molar-refractivity contribution in [2.45, 2.75) is 6.92 Å². The Balaban J connectivity index is 2.32. The molecule has 0 saturated heterocycles. The van der Waals surface area contributed by atoms with Crippen LogP contribution in [-0.4, -0.2) is 24.6 Å². The van der Waals surface area contributed by atoms with Gasteiger partial charge in [0.2, 0.25) is 0 Å². The lowest BCUT2D eigenvalue weighted by molar-refractivity contribution is 1.09. The van der Waals surface area contributed by atoms with E-state index in [1.165, 1.54) is 0 Å². The molecule has 0 atom stereocenters. The van der Waals surface area contributed by atoms with Crippen molar-refractivity contribution in [3.8, 4) is 11.5 Å². The molecule has 0 amide bonds. The highest BCUT2D eigenvalue weighted by molar-refractivity contribution is 7.09. The van der Waals surface area contributed by atoms with E-state index in [-0.39, 0.29) is 0 Å². The lowest BCUT2D eigenvalue weighted by atomic mass is 10.4. The summed E-state index contributed by atoms with van der Waals surface area (Å²) < 4.78 is 1.73. The summed E-state index contributed by atoms with van der Waals surface area (Å²) in [6, 6.07) is 0. The van der Waals surface area contributed by atoms with E-state index in [4.69, 9.17) is 11.6 Å². The van der Waals surface area contributed by atoms with Gasteiger partial charge in [-0.15, -0.1) is 21.5 Å². The summed E-state index contributed by atoms with van der Waals surface area (Å²) in [7, 11) is 0. The molecule has 0 fully saturated rings. The Hall–Kier alpha value is -1.53. The summed E-state index contributed by atoms with van der Waals surface area (Å²) in [6.45, 7) is 1.94. The molecule has 0 spiro atoms. The Morgan fingerprint density at radius 2 is 2.19 bits per heavy atom. The van der Waals surface area contributed by atoms with Gasteiger partial charge in [0.1, 0.15) is 10.8 Å². The van der Waals surface area contributed by atoms with Crippen LogP contribution in [0.4, 0.5) is 0 Å². The van der Waals surface area contributed by atoms with Crippen LogP contribution in [0.5, 0.6) is 0 Å². The predicted octanol–water partition coefficient (Wildman–Crippen LogP) is 2.21. The van der Waals surface area contributed by atoms with Crippen LogP contribution in [0, 0.1) is 6.92 Å². The number of thiazole rings is 1. The highest BCUT2D eigenvalue weighted by Gasteiger charge is 2.12. The van der Waals surface area contributed by atoms with E-state index in [0.29, 0.717) is 16.6 Å². The molecular weight excluding hydrogens is 246 g/mol. The third kappa shape index (κ3) is 1.38. The summed E-state index contributed by atoms with van der Waals surface area (Å²) >= 11 is 7.62. The molecule has 0 unspecified atom stereocenters. The standard InChI is InChI=1S/C9H6ClN5S/c1-5-12-6(4-16-5)9-14-13-8-3-11-2-7(10)15(8)9/h2-4H,1H3. The van der Waals surface area contributed by atoms with Crippen molar-refractivity contribution >= 4 is 28.6 Å². The molecule has 3 aromatic rings. The molecule has 0 aliphatic rings. The van der Waals surface area contributed by atoms with Crippen molar-refractivity contribution < 1.29 is 0 Å². The van der Waals surface area contributed by atoms with E-state index < -0.39 is 0 Å². The van der Waals surface area contributed by atoms with Gasteiger partial charge in [0.25, 0.3) is 0 Å². The van der Waals surface area contributed by atoms with Gasteiger partial charge >= 0.3 is 0 Å². The second-order valence-electron chi connectivity index (χ2n) is 3.20. The monoisotopic (exact) mass is 251 g/mol. The summed E-state index contributed by atoms with van der Waals surface area (Å²) in [5.41, 5.74) is 1.40. The number of hydrogen-bond donors (Lipinski definition) is 0. The van der Waals surface area contributed by atoms with E-state index in [1.54, 1.807) is 28.1 Å². The number of fused-ring (bicyclic) bond motifs is 1. The normalized spacial score (nSPS) is 11.1. The van der Waals surface area contributed by atoms with E-state index in [1.807, 2.05) is 12.3 Å². The average molecular weight is 252 g/mol. The average Bonchev–Trinajstić information content (AvgIpc) is 2.84. The Morgan fingerprint density at radius 1 is 1.31 bits per heavy atom. The van der Waals surface area contributed by atoms with Crippen molar-refractivity contribution in [3.63, 3.8) is 0 Å². The van der Waals surface area contributed by atoms with Crippen LogP contribution < -0.4 is 0 Å². The molecule has 7 heteroatoms. The number of halogens is 1. The number of rotatable bonds is 1. The fourth-order valence-electron chi connectivity index (χ4n) is 1.45. The molecule has 0 aliphatic heterocycles. The number of aryl methyl sites for hydroxylation is 1. The maximum absolute atomic E-state index is 6.06. The molecule has 0 aliphatic carbocycles. The van der Waals surface area contributed by atoms with Crippen molar-refractivity contribution in [1.82, 2.24) is 24.6 Å². The van der Waals surface area contributed by atoms with Crippen LogP contribution >= 0.6 is 22.9 Å². The SMILES string of the molecule is Cc1nc(-c2nnc3cncc(Cl)n23)cs1. The first-order chi connectivity index (χ1) is 7.75. The van der Waals surface area contributed by atoms with Crippen LogP contribution in [-0.2, 0) is 0 Å². The van der Waals surface area contributed by atoms with Gasteiger partial charge in [0, 0.05) is 5.38 Å². The van der Waals surface area contributed by atoms with Crippen LogP contribution in [0.25, 0.3) is 17.2 Å². The Bertz CT molecular complexity index is 659. The Morgan fingerprint density at radius 3 is 2.94 bits per heavy atom. The molecule has 0 bridgehead atoms. The molecule has 0 N–H and O–H groups in total. The molecule has 5 nitrogen and oxygen atoms in total. The maximum atomic E-state index is 6.06. The van der Waals surface area contributed by atoms with Crippen LogP contribution in [0.1, 0.15) is 5.01 Å². The number of hydrogen-bond acceptors (Lipinski definition) is 5. The van der Waals surface area contributed by atoms with E-state index in [0.717, 1.165) is 10.7 Å². The van der Waals surface area contributed by atoms with Crippen LogP contribution in [0.15, 0.2) is 17.8 Å². The van der Waals surface area contributed by atoms with Crippen molar-refractivity contribution in [2.24, 2.45) is 0 Å². The molecule has 3 heterocycles. The van der Waals surface area contributed by atoms with E-state index in [2.05, 4.69) is 20.2 Å². The first-order valence-electron chi connectivity index (χ1n) is 4.53. The molecule has 0 saturated carbocycles. The van der Waals surface area contributed by atoms with Gasteiger partial charge in [-0.2, -0.15) is 0 Å². The number of aromatic nitrogens is 5. The third-order valence-electron chi connectivity index (χ3n) is 2.12. The van der Waals surface area contributed by atoms with Gasteiger partial charge in [-0.25, -0.2) is 4.98 Å². The van der Waals surface area contributed by atoms with Crippen LogP contribution in [0.2, 0.25) is 5.15 Å². The van der Waals surface area contributed by atoms with Crippen molar-refractivity contribution in [1.29, 1.82) is 0 Å². The Labute approximate surface area is 99.8 Å². The van der Waals surface area contributed by atoms with Crippen molar-refractivity contribution in [3.05, 3.63) is 27.9 Å². The highest BCUT2D eigenvalue weighted by Crippen LogP contribution is 2.22. The van der Waals surface area contributed by atoms with Gasteiger partial charge in [-0.1, -0.05) is 11.6 Å². The highest BCUT2D eigenvalue weighted by atomic mass is 35.5. The molecule has 0 radical (unpaired) electrons. The molecule has 0 aromatic carbocycles. The predicted molar refractivity (Wildman–Crippen MR) is 61.6 cm³/mol. The third-order valence-corrected chi connectivity index (χ3v) is 3.16. The van der Waals surface area contributed by atoms with Crippen LogP contribution in [0.3, 0.4) is 0 Å².